The van der Waals surface area contributed by atoms with E-state index in [0.29, 0.717) is 22.1 Å². The Balaban J connectivity index is 1.81. The lowest BCUT2D eigenvalue weighted by molar-refractivity contribution is -0.385. The number of anilines is 1. The fraction of sp³-hybridized carbons (Fsp3) is 0.345. The number of benzene rings is 2. The molecular formula is C29H32N4O7S. The van der Waals surface area contributed by atoms with E-state index < -0.39 is 34.4 Å². The number of methoxy groups -OCH3 is 1. The van der Waals surface area contributed by atoms with E-state index in [1.54, 1.807) is 32.2 Å². The average molecular weight is 581 g/mol. The van der Waals surface area contributed by atoms with E-state index in [1.165, 1.54) is 30.6 Å². The van der Waals surface area contributed by atoms with Crippen LogP contribution < -0.4 is 15.4 Å². The Morgan fingerprint density at radius 2 is 1.85 bits per heavy atom. The number of allylic oxidation sites excluding steroid dienone is 1. The number of esters is 2. The SMILES string of the molecule is CCOC(=O)C1=C(C)NC(C)(c2ccccc2)C(C(=O)OCC)C1Nc1nc(-c2ccc(OC)c([N+](=O)[O-])c2)cs1. The molecule has 0 radical (unpaired) electrons. The van der Waals surface area contributed by atoms with E-state index in [9.17, 15) is 19.7 Å². The third kappa shape index (κ3) is 5.87. The summed E-state index contributed by atoms with van der Waals surface area (Å²) in [5, 5.41) is 20.4. The summed E-state index contributed by atoms with van der Waals surface area (Å²) in [7, 11) is 1.37. The van der Waals surface area contributed by atoms with E-state index in [-0.39, 0.29) is 30.2 Å². The van der Waals surface area contributed by atoms with Gasteiger partial charge in [0.15, 0.2) is 10.9 Å². The molecule has 4 rings (SSSR count). The van der Waals surface area contributed by atoms with Crippen LogP contribution in [0.1, 0.15) is 33.3 Å². The molecule has 1 aliphatic rings. The number of nitrogens with zero attached hydrogens (tertiary/aromatic N) is 2. The van der Waals surface area contributed by atoms with E-state index >= 15 is 0 Å². The van der Waals surface area contributed by atoms with Crippen LogP contribution in [0.2, 0.25) is 0 Å². The van der Waals surface area contributed by atoms with E-state index in [1.807, 2.05) is 37.3 Å². The number of aromatic nitrogens is 1. The zero-order chi connectivity index (χ0) is 29.7. The molecule has 2 heterocycles. The van der Waals surface area contributed by atoms with Crippen molar-refractivity contribution in [1.29, 1.82) is 0 Å². The van der Waals surface area contributed by atoms with Crippen LogP contribution in [0.15, 0.2) is 65.2 Å². The highest BCUT2D eigenvalue weighted by atomic mass is 32.1. The largest absolute Gasteiger partial charge is 0.490 e. The summed E-state index contributed by atoms with van der Waals surface area (Å²) < 4.78 is 16.0. The van der Waals surface area contributed by atoms with Crippen LogP contribution >= 0.6 is 11.3 Å². The molecule has 41 heavy (non-hydrogen) atoms. The summed E-state index contributed by atoms with van der Waals surface area (Å²) in [6.07, 6.45) is 0. The minimum atomic E-state index is -0.956. The second-order valence-electron chi connectivity index (χ2n) is 9.49. The van der Waals surface area contributed by atoms with E-state index in [2.05, 4.69) is 15.6 Å². The topological polar surface area (TPSA) is 142 Å². The predicted molar refractivity (Wildman–Crippen MR) is 155 cm³/mol. The number of thiazole rings is 1. The molecule has 0 bridgehead atoms. The van der Waals surface area contributed by atoms with Crippen molar-refractivity contribution in [1.82, 2.24) is 10.3 Å². The Bertz CT molecular complexity index is 1470. The van der Waals surface area contributed by atoms with Gasteiger partial charge in [-0.15, -0.1) is 11.3 Å². The Morgan fingerprint density at radius 3 is 2.49 bits per heavy atom. The first kappa shape index (κ1) is 29.5. The number of nitro groups is 1. The molecule has 0 saturated carbocycles. The maximum absolute atomic E-state index is 13.6. The van der Waals surface area contributed by atoms with Gasteiger partial charge in [0.05, 0.1) is 48.1 Å². The van der Waals surface area contributed by atoms with Crippen molar-refractivity contribution in [2.24, 2.45) is 5.92 Å². The number of carbonyl (C=O) groups is 2. The minimum absolute atomic E-state index is 0.138. The summed E-state index contributed by atoms with van der Waals surface area (Å²) >= 11 is 1.24. The zero-order valence-corrected chi connectivity index (χ0v) is 24.2. The summed E-state index contributed by atoms with van der Waals surface area (Å²) in [6.45, 7) is 7.42. The molecule has 0 fully saturated rings. The highest BCUT2D eigenvalue weighted by molar-refractivity contribution is 7.14. The minimum Gasteiger partial charge on any atom is -0.490 e. The third-order valence-corrected chi connectivity index (χ3v) is 7.75. The Morgan fingerprint density at radius 1 is 1.15 bits per heavy atom. The lowest BCUT2D eigenvalue weighted by Gasteiger charge is -2.47. The highest BCUT2D eigenvalue weighted by Crippen LogP contribution is 2.42. The van der Waals surface area contributed by atoms with E-state index in [0.717, 1.165) is 5.56 Å². The molecule has 0 spiro atoms. The number of carbonyl (C=O) groups excluding carboxylic acids is 2. The molecule has 2 aromatic carbocycles. The van der Waals surface area contributed by atoms with Gasteiger partial charge in [-0.05, 0) is 45.4 Å². The summed E-state index contributed by atoms with van der Waals surface area (Å²) in [5.41, 5.74) is 1.50. The molecule has 0 saturated heterocycles. The van der Waals surface area contributed by atoms with Crippen LogP contribution in [0.5, 0.6) is 5.75 Å². The van der Waals surface area contributed by atoms with Crippen LogP contribution in [0.4, 0.5) is 10.8 Å². The monoisotopic (exact) mass is 580 g/mol. The molecule has 3 unspecified atom stereocenters. The summed E-state index contributed by atoms with van der Waals surface area (Å²) in [6, 6.07) is 13.2. The quantitative estimate of drug-likeness (QED) is 0.190. The van der Waals surface area contributed by atoms with Crippen molar-refractivity contribution in [3.8, 4) is 17.0 Å². The van der Waals surface area contributed by atoms with Crippen molar-refractivity contribution < 1.29 is 28.7 Å². The van der Waals surface area contributed by atoms with Gasteiger partial charge in [0.1, 0.15) is 5.92 Å². The standard InChI is InChI=1S/C29H32N4O7S/c1-6-39-26(34)23-17(3)32-29(4,19-11-9-8-10-12-19)24(27(35)40-7-2)25(23)31-28-30-20(16-41-28)18-13-14-22(38-5)21(15-18)33(36)37/h8-16,24-25,32H,6-7H2,1-5H3,(H,30,31). The molecule has 2 N–H and O–H groups in total. The second kappa shape index (κ2) is 12.4. The van der Waals surface area contributed by atoms with Gasteiger partial charge in [-0.3, -0.25) is 14.9 Å². The lowest BCUT2D eigenvalue weighted by atomic mass is 9.70. The highest BCUT2D eigenvalue weighted by Gasteiger charge is 2.53. The molecule has 1 aromatic heterocycles. The number of nitro benzene ring substituents is 1. The molecule has 1 aliphatic heterocycles. The third-order valence-electron chi connectivity index (χ3n) is 6.98. The van der Waals surface area contributed by atoms with Crippen LogP contribution in [0, 0.1) is 16.0 Å². The Kier molecular flexibility index (Phi) is 8.92. The fourth-order valence-electron chi connectivity index (χ4n) is 5.15. The van der Waals surface area contributed by atoms with Crippen LogP contribution in [-0.2, 0) is 24.6 Å². The normalized spacial score (nSPS) is 20.1. The average Bonchev–Trinajstić information content (AvgIpc) is 3.41. The maximum Gasteiger partial charge on any atom is 0.337 e. The summed E-state index contributed by atoms with van der Waals surface area (Å²) in [5.74, 6) is -1.83. The van der Waals surface area contributed by atoms with Crippen molar-refractivity contribution in [2.75, 3.05) is 25.6 Å². The molecule has 0 aliphatic carbocycles. The van der Waals surface area contributed by atoms with Gasteiger partial charge in [-0.1, -0.05) is 30.3 Å². The van der Waals surface area contributed by atoms with Gasteiger partial charge in [0.2, 0.25) is 0 Å². The molecule has 12 heteroatoms. The van der Waals surface area contributed by atoms with Gasteiger partial charge in [-0.2, -0.15) is 0 Å². The Labute approximate surface area is 241 Å². The number of hydrogen-bond donors (Lipinski definition) is 2. The number of rotatable bonds is 10. The first-order valence-electron chi connectivity index (χ1n) is 13.1. The number of hydrogen-bond acceptors (Lipinski definition) is 11. The molecular weight excluding hydrogens is 548 g/mol. The molecule has 3 aromatic rings. The van der Waals surface area contributed by atoms with Crippen molar-refractivity contribution >= 4 is 34.1 Å². The van der Waals surface area contributed by atoms with Gasteiger partial charge in [-0.25, -0.2) is 9.78 Å². The lowest BCUT2D eigenvalue weighted by Crippen LogP contribution is -2.60. The van der Waals surface area contributed by atoms with E-state index in [4.69, 9.17) is 14.2 Å². The van der Waals surface area contributed by atoms with Crippen molar-refractivity contribution in [2.45, 2.75) is 39.3 Å². The molecule has 3 atom stereocenters. The first-order chi connectivity index (χ1) is 19.6. The van der Waals surface area contributed by atoms with Crippen molar-refractivity contribution in [3.05, 3.63) is 80.9 Å². The summed E-state index contributed by atoms with van der Waals surface area (Å²) in [4.78, 5) is 42.6. The smallest absolute Gasteiger partial charge is 0.337 e. The van der Waals surface area contributed by atoms with Crippen molar-refractivity contribution in [3.63, 3.8) is 0 Å². The zero-order valence-electron chi connectivity index (χ0n) is 23.4. The van der Waals surface area contributed by atoms with Crippen LogP contribution in [0.3, 0.4) is 0 Å². The molecule has 216 valence electrons. The number of nitrogens with one attached hydrogen (secondary N) is 2. The number of ether oxygens (including phenoxy) is 3. The first-order valence-corrected chi connectivity index (χ1v) is 14.0. The van der Waals surface area contributed by atoms with Crippen LogP contribution in [0.25, 0.3) is 11.3 Å². The van der Waals surface area contributed by atoms with Gasteiger partial charge >= 0.3 is 17.6 Å². The van der Waals surface area contributed by atoms with Gasteiger partial charge < -0.3 is 24.8 Å². The Hall–Kier alpha value is -4.45. The predicted octanol–water partition coefficient (Wildman–Crippen LogP) is 5.04. The van der Waals surface area contributed by atoms with Gasteiger partial charge in [0.25, 0.3) is 0 Å². The maximum atomic E-state index is 13.6. The fourth-order valence-corrected chi connectivity index (χ4v) is 5.91. The second-order valence-corrected chi connectivity index (χ2v) is 10.3. The molecule has 0 amide bonds. The molecule has 11 nitrogen and oxygen atoms in total. The van der Waals surface area contributed by atoms with Gasteiger partial charge in [0, 0.05) is 22.7 Å². The van der Waals surface area contributed by atoms with Crippen LogP contribution in [-0.4, -0.2) is 48.2 Å².